The van der Waals surface area contributed by atoms with E-state index in [0.29, 0.717) is 0 Å². The molecule has 0 radical (unpaired) electrons. The average molecular weight is 362 g/mol. The zero-order valence-electron chi connectivity index (χ0n) is 14.3. The summed E-state index contributed by atoms with van der Waals surface area (Å²) in [6.07, 6.45) is 0. The number of ether oxygens (including phenoxy) is 1. The summed E-state index contributed by atoms with van der Waals surface area (Å²) >= 11 is 3.04. The van der Waals surface area contributed by atoms with Crippen LogP contribution in [0.25, 0.3) is 0 Å². The smallest absolute Gasteiger partial charge is 0.222 e. The maximum atomic E-state index is 12.7. The highest BCUT2D eigenvalue weighted by molar-refractivity contribution is 8.16. The molecule has 1 unspecified atom stereocenters. The molecule has 0 amide bonds. The molecule has 0 aliphatic heterocycles. The Morgan fingerprint density at radius 3 is 2.17 bits per heavy atom. The third kappa shape index (κ3) is 4.71. The number of nitrogens with zero attached hydrogens (tertiary/aromatic N) is 1. The highest BCUT2D eigenvalue weighted by atomic mass is 32.2. The molecule has 2 aromatic carbocycles. The average Bonchev–Trinajstić information content (AvgIpc) is 2.63. The number of hydrogen-bond acceptors (Lipinski definition) is 5. The molecule has 0 saturated heterocycles. The summed E-state index contributed by atoms with van der Waals surface area (Å²) in [5, 5.41) is -0.0697. The van der Waals surface area contributed by atoms with Crippen LogP contribution in [0.3, 0.4) is 0 Å². The van der Waals surface area contributed by atoms with Gasteiger partial charge in [-0.3, -0.25) is 4.79 Å². The van der Waals surface area contributed by atoms with Gasteiger partial charge in [-0.05, 0) is 47.9 Å². The molecule has 2 rings (SSSR count). The van der Waals surface area contributed by atoms with Crippen molar-refractivity contribution in [1.82, 2.24) is 0 Å². The highest BCUT2D eigenvalue weighted by Gasteiger charge is 2.27. The van der Waals surface area contributed by atoms with Gasteiger partial charge in [0, 0.05) is 11.4 Å². The van der Waals surface area contributed by atoms with E-state index >= 15 is 0 Å². The van der Waals surface area contributed by atoms with Crippen molar-refractivity contribution in [2.45, 2.75) is 19.2 Å². The second-order valence-electron chi connectivity index (χ2n) is 4.96. The highest BCUT2D eigenvalue weighted by Crippen LogP contribution is 2.35. The van der Waals surface area contributed by atoms with Crippen molar-refractivity contribution in [3.63, 3.8) is 0 Å². The zero-order valence-corrected chi connectivity index (χ0v) is 15.9. The number of carbonyl (C=O) groups excluding carboxylic acids is 1. The summed E-state index contributed by atoms with van der Waals surface area (Å²) in [5.41, 5.74) is 2.00. The fourth-order valence-electron chi connectivity index (χ4n) is 2.37. The Hall–Kier alpha value is -1.59. The van der Waals surface area contributed by atoms with Gasteiger partial charge in [0.25, 0.3) is 0 Å². The predicted octanol–water partition coefficient (Wildman–Crippen LogP) is 5.19. The molecule has 24 heavy (non-hydrogen) atoms. The van der Waals surface area contributed by atoms with Crippen LogP contribution >= 0.6 is 23.5 Å². The van der Waals surface area contributed by atoms with Crippen LogP contribution in [0.2, 0.25) is 0 Å². The van der Waals surface area contributed by atoms with E-state index in [9.17, 15) is 4.79 Å². The van der Waals surface area contributed by atoms with E-state index < -0.39 is 0 Å². The first kappa shape index (κ1) is 18.7. The number of methoxy groups -OCH3 is 1. The van der Waals surface area contributed by atoms with Crippen molar-refractivity contribution in [2.75, 3.05) is 23.5 Å². The fraction of sp³-hybridized carbons (Fsp3) is 0.316. The third-order valence-electron chi connectivity index (χ3n) is 3.43. The summed E-state index contributed by atoms with van der Waals surface area (Å²) in [6, 6.07) is 17.9. The number of para-hydroxylation sites is 1. The van der Waals surface area contributed by atoms with Crippen LogP contribution in [-0.4, -0.2) is 29.1 Å². The van der Waals surface area contributed by atoms with Gasteiger partial charge in [0.2, 0.25) is 5.12 Å². The Labute approximate surface area is 152 Å². The molecule has 0 spiro atoms. The van der Waals surface area contributed by atoms with Crippen molar-refractivity contribution >= 4 is 40.0 Å². The second-order valence-corrected chi connectivity index (χ2v) is 7.59. The Morgan fingerprint density at radius 2 is 1.62 bits per heavy atom. The Balaban J connectivity index is 2.45. The molecule has 0 bridgehead atoms. The molecule has 5 heteroatoms. The lowest BCUT2D eigenvalue weighted by Crippen LogP contribution is -2.34. The number of anilines is 2. The van der Waals surface area contributed by atoms with Crippen molar-refractivity contribution < 1.29 is 9.53 Å². The SMILES string of the molecule is CCSC(=O)C(SCC)N(c1ccccc1)c1ccc(OC)cc1. The summed E-state index contributed by atoms with van der Waals surface area (Å²) in [6.45, 7) is 4.09. The fourth-order valence-corrected chi connectivity index (χ4v) is 4.16. The molecule has 128 valence electrons. The minimum Gasteiger partial charge on any atom is -0.497 e. The molecule has 3 nitrogen and oxygen atoms in total. The van der Waals surface area contributed by atoms with Crippen LogP contribution < -0.4 is 9.64 Å². The topological polar surface area (TPSA) is 29.5 Å². The lowest BCUT2D eigenvalue weighted by atomic mass is 10.2. The number of thioether (sulfide) groups is 2. The van der Waals surface area contributed by atoms with Crippen molar-refractivity contribution in [1.29, 1.82) is 0 Å². The number of rotatable bonds is 8. The Morgan fingerprint density at radius 1 is 1.00 bits per heavy atom. The largest absolute Gasteiger partial charge is 0.497 e. The van der Waals surface area contributed by atoms with E-state index in [0.717, 1.165) is 28.6 Å². The van der Waals surface area contributed by atoms with Gasteiger partial charge in [-0.1, -0.05) is 43.8 Å². The van der Waals surface area contributed by atoms with Gasteiger partial charge < -0.3 is 9.64 Å². The number of benzene rings is 2. The van der Waals surface area contributed by atoms with E-state index in [1.807, 2.05) is 61.5 Å². The van der Waals surface area contributed by atoms with Gasteiger partial charge in [-0.2, -0.15) is 0 Å². The third-order valence-corrected chi connectivity index (χ3v) is 5.45. The molecular weight excluding hydrogens is 338 g/mol. The van der Waals surface area contributed by atoms with Crippen molar-refractivity contribution in [3.8, 4) is 5.75 Å². The Kier molecular flexibility index (Phi) is 7.53. The molecule has 1 atom stereocenters. The van der Waals surface area contributed by atoms with Crippen molar-refractivity contribution in [3.05, 3.63) is 54.6 Å². The van der Waals surface area contributed by atoms with E-state index in [1.54, 1.807) is 18.9 Å². The van der Waals surface area contributed by atoms with Gasteiger partial charge in [-0.15, -0.1) is 11.8 Å². The van der Waals surface area contributed by atoms with Gasteiger partial charge in [-0.25, -0.2) is 0 Å². The molecule has 0 aliphatic rings. The maximum absolute atomic E-state index is 12.7. The maximum Gasteiger partial charge on any atom is 0.222 e. The van der Waals surface area contributed by atoms with E-state index in [4.69, 9.17) is 4.74 Å². The molecule has 0 fully saturated rings. The standard InChI is InChI=1S/C19H23NO2S2/c1-4-23-18(19(21)24-5-2)20(15-9-7-6-8-10-15)16-11-13-17(22-3)14-12-16/h6-14,18H,4-5H2,1-3H3. The molecule has 2 aromatic rings. The number of carbonyl (C=O) groups is 1. The molecule has 0 heterocycles. The second kappa shape index (κ2) is 9.64. The lowest BCUT2D eigenvalue weighted by Gasteiger charge is -2.32. The van der Waals surface area contributed by atoms with Gasteiger partial charge in [0.05, 0.1) is 7.11 Å². The molecule has 0 N–H and O–H groups in total. The van der Waals surface area contributed by atoms with Gasteiger partial charge in [0.1, 0.15) is 11.1 Å². The van der Waals surface area contributed by atoms with Crippen LogP contribution in [0.5, 0.6) is 5.75 Å². The van der Waals surface area contributed by atoms with Crippen LogP contribution in [0.15, 0.2) is 54.6 Å². The van der Waals surface area contributed by atoms with Crippen molar-refractivity contribution in [2.24, 2.45) is 0 Å². The summed E-state index contributed by atoms with van der Waals surface area (Å²) < 4.78 is 5.25. The van der Waals surface area contributed by atoms with Gasteiger partial charge in [0.15, 0.2) is 0 Å². The minimum atomic E-state index is -0.254. The van der Waals surface area contributed by atoms with Crippen LogP contribution in [-0.2, 0) is 4.79 Å². The monoisotopic (exact) mass is 361 g/mol. The summed E-state index contributed by atoms with van der Waals surface area (Å²) in [7, 11) is 1.65. The first-order valence-corrected chi connectivity index (χ1v) is 10.0. The predicted molar refractivity (Wildman–Crippen MR) is 107 cm³/mol. The molecule has 0 aromatic heterocycles. The summed E-state index contributed by atoms with van der Waals surface area (Å²) in [5.74, 6) is 2.46. The normalized spacial score (nSPS) is 11.8. The first-order valence-electron chi connectivity index (χ1n) is 7.97. The summed E-state index contributed by atoms with van der Waals surface area (Å²) in [4.78, 5) is 14.8. The van der Waals surface area contributed by atoms with E-state index in [1.165, 1.54) is 11.8 Å². The minimum absolute atomic E-state index is 0.184. The molecule has 0 saturated carbocycles. The quantitative estimate of drug-likeness (QED) is 0.604. The lowest BCUT2D eigenvalue weighted by molar-refractivity contribution is -0.110. The van der Waals surface area contributed by atoms with Crippen LogP contribution in [0.4, 0.5) is 11.4 Å². The zero-order chi connectivity index (χ0) is 17.4. The first-order chi connectivity index (χ1) is 11.7. The van der Waals surface area contributed by atoms with Gasteiger partial charge >= 0.3 is 0 Å². The molecule has 0 aliphatic carbocycles. The van der Waals surface area contributed by atoms with E-state index in [-0.39, 0.29) is 10.5 Å². The molecular formula is C19H23NO2S2. The number of hydrogen-bond donors (Lipinski definition) is 0. The van der Waals surface area contributed by atoms with Crippen LogP contribution in [0, 0.1) is 0 Å². The Bertz CT molecular complexity index is 632. The van der Waals surface area contributed by atoms with Crippen LogP contribution in [0.1, 0.15) is 13.8 Å². The van der Waals surface area contributed by atoms with E-state index in [2.05, 4.69) is 11.8 Å².